The van der Waals surface area contributed by atoms with Gasteiger partial charge in [0.1, 0.15) is 5.76 Å². The summed E-state index contributed by atoms with van der Waals surface area (Å²) >= 11 is 5.36. The lowest BCUT2D eigenvalue weighted by molar-refractivity contribution is -0.384. The average molecular weight is 374 g/mol. The number of nitrogens with one attached hydrogen (secondary N) is 2. The molecule has 1 saturated heterocycles. The monoisotopic (exact) mass is 374 g/mol. The highest BCUT2D eigenvalue weighted by molar-refractivity contribution is 7.80. The minimum atomic E-state index is -0.424. The van der Waals surface area contributed by atoms with Gasteiger partial charge < -0.3 is 15.1 Å². The zero-order valence-corrected chi connectivity index (χ0v) is 15.2. The summed E-state index contributed by atoms with van der Waals surface area (Å²) in [4.78, 5) is 12.7. The maximum atomic E-state index is 10.7. The van der Waals surface area contributed by atoms with Crippen molar-refractivity contribution in [3.8, 4) is 0 Å². The lowest BCUT2D eigenvalue weighted by Gasteiger charge is -2.33. The fourth-order valence-corrected chi connectivity index (χ4v) is 3.35. The summed E-state index contributed by atoms with van der Waals surface area (Å²) in [6.45, 7) is 2.73. The van der Waals surface area contributed by atoms with Crippen LogP contribution in [0.2, 0.25) is 0 Å². The van der Waals surface area contributed by atoms with Crippen molar-refractivity contribution in [3.05, 3.63) is 58.5 Å². The fraction of sp³-hybridized carbons (Fsp3) is 0.389. The van der Waals surface area contributed by atoms with Crippen molar-refractivity contribution in [2.75, 3.05) is 25.0 Å². The zero-order chi connectivity index (χ0) is 18.4. The number of nitro benzene ring substituents is 1. The van der Waals surface area contributed by atoms with Crippen LogP contribution in [0.15, 0.2) is 47.1 Å². The summed E-state index contributed by atoms with van der Waals surface area (Å²) in [6.07, 6.45) is 5.36. The van der Waals surface area contributed by atoms with E-state index in [1.54, 1.807) is 18.4 Å². The summed E-state index contributed by atoms with van der Waals surface area (Å²) in [7, 11) is 0. The molecule has 2 N–H and O–H groups in total. The van der Waals surface area contributed by atoms with E-state index in [1.807, 2.05) is 12.1 Å². The second-order valence-corrected chi connectivity index (χ2v) is 6.68. The first-order chi connectivity index (χ1) is 12.6. The summed E-state index contributed by atoms with van der Waals surface area (Å²) in [5, 5.41) is 17.5. The van der Waals surface area contributed by atoms with Crippen LogP contribution in [0.25, 0.3) is 0 Å². The van der Waals surface area contributed by atoms with E-state index in [0.29, 0.717) is 17.3 Å². The van der Waals surface area contributed by atoms with Crippen molar-refractivity contribution in [1.82, 2.24) is 10.2 Å². The molecule has 0 bridgehead atoms. The number of furan rings is 1. The van der Waals surface area contributed by atoms with Gasteiger partial charge >= 0.3 is 0 Å². The van der Waals surface area contributed by atoms with Crippen LogP contribution in [-0.2, 0) is 0 Å². The van der Waals surface area contributed by atoms with E-state index < -0.39 is 4.92 Å². The van der Waals surface area contributed by atoms with Crippen LogP contribution in [0.4, 0.5) is 11.4 Å². The molecule has 0 aliphatic carbocycles. The van der Waals surface area contributed by atoms with Crippen molar-refractivity contribution in [1.29, 1.82) is 0 Å². The summed E-state index contributed by atoms with van der Waals surface area (Å²) in [5.41, 5.74) is 0.762. The number of likely N-dealkylation sites (tertiary alicyclic amines) is 1. The quantitative estimate of drug-likeness (QED) is 0.453. The lowest BCUT2D eigenvalue weighted by atomic mass is 10.1. The van der Waals surface area contributed by atoms with Crippen molar-refractivity contribution < 1.29 is 9.34 Å². The van der Waals surface area contributed by atoms with Gasteiger partial charge in [-0.2, -0.15) is 0 Å². The molecule has 1 aliphatic heterocycles. The third kappa shape index (κ3) is 4.80. The van der Waals surface area contributed by atoms with Gasteiger partial charge in [-0.25, -0.2) is 0 Å². The molecule has 1 aliphatic rings. The van der Waals surface area contributed by atoms with Crippen molar-refractivity contribution in [2.45, 2.75) is 25.3 Å². The lowest BCUT2D eigenvalue weighted by Crippen LogP contribution is -2.41. The standard InChI is InChI=1S/C18H22N4O3S/c23-22(24)15-8-6-14(7-9-15)20-18(26)19-13-16(17-5-4-12-25-17)21-10-2-1-3-11-21/h4-9,12,16H,1-3,10-11,13H2,(H2,19,20,26). The summed E-state index contributed by atoms with van der Waals surface area (Å²) in [5.74, 6) is 0.928. The van der Waals surface area contributed by atoms with Crippen LogP contribution >= 0.6 is 12.2 Å². The molecule has 0 amide bonds. The van der Waals surface area contributed by atoms with Crippen LogP contribution in [-0.4, -0.2) is 34.6 Å². The van der Waals surface area contributed by atoms with E-state index in [9.17, 15) is 10.1 Å². The highest BCUT2D eigenvalue weighted by atomic mass is 32.1. The molecule has 138 valence electrons. The number of rotatable bonds is 6. The first kappa shape index (κ1) is 18.3. The number of benzene rings is 1. The van der Waals surface area contributed by atoms with E-state index in [2.05, 4.69) is 15.5 Å². The molecule has 0 radical (unpaired) electrons. The second-order valence-electron chi connectivity index (χ2n) is 6.27. The highest BCUT2D eigenvalue weighted by Crippen LogP contribution is 2.24. The molecule has 26 heavy (non-hydrogen) atoms. The van der Waals surface area contributed by atoms with Gasteiger partial charge in [0.2, 0.25) is 0 Å². The van der Waals surface area contributed by atoms with E-state index >= 15 is 0 Å². The molecule has 8 heteroatoms. The molecule has 7 nitrogen and oxygen atoms in total. The smallest absolute Gasteiger partial charge is 0.269 e. The maximum absolute atomic E-state index is 10.7. The SMILES string of the molecule is O=[N+]([O-])c1ccc(NC(=S)NCC(c2ccco2)N2CCCCC2)cc1. The minimum Gasteiger partial charge on any atom is -0.468 e. The van der Waals surface area contributed by atoms with Crippen molar-refractivity contribution in [3.63, 3.8) is 0 Å². The van der Waals surface area contributed by atoms with Gasteiger partial charge in [-0.3, -0.25) is 15.0 Å². The third-order valence-corrected chi connectivity index (χ3v) is 4.74. The molecular weight excluding hydrogens is 352 g/mol. The van der Waals surface area contributed by atoms with Gasteiger partial charge in [0, 0.05) is 24.4 Å². The van der Waals surface area contributed by atoms with Gasteiger partial charge in [-0.05, 0) is 62.4 Å². The molecule has 0 saturated carbocycles. The van der Waals surface area contributed by atoms with Gasteiger partial charge in [0.15, 0.2) is 5.11 Å². The van der Waals surface area contributed by atoms with Gasteiger partial charge in [-0.15, -0.1) is 0 Å². The fourth-order valence-electron chi connectivity index (χ4n) is 3.15. The molecule has 1 atom stereocenters. The van der Waals surface area contributed by atoms with Crippen LogP contribution in [0, 0.1) is 10.1 Å². The van der Waals surface area contributed by atoms with Gasteiger partial charge in [0.05, 0.1) is 17.2 Å². The molecule has 2 aromatic rings. The van der Waals surface area contributed by atoms with Crippen molar-refractivity contribution in [2.24, 2.45) is 0 Å². The zero-order valence-electron chi connectivity index (χ0n) is 14.4. The van der Waals surface area contributed by atoms with Crippen LogP contribution in [0.1, 0.15) is 31.1 Å². The Hall–Kier alpha value is -2.45. The molecule has 1 aromatic carbocycles. The number of nitrogens with zero attached hydrogens (tertiary/aromatic N) is 2. The Kier molecular flexibility index (Phi) is 6.19. The molecule has 2 heterocycles. The number of thiocarbonyl (C=S) groups is 1. The molecule has 1 aromatic heterocycles. The Morgan fingerprint density at radius 1 is 1.23 bits per heavy atom. The van der Waals surface area contributed by atoms with Gasteiger partial charge in [-0.1, -0.05) is 6.42 Å². The van der Waals surface area contributed by atoms with Crippen LogP contribution in [0.5, 0.6) is 0 Å². The van der Waals surface area contributed by atoms with Gasteiger partial charge in [0.25, 0.3) is 5.69 Å². The third-order valence-electron chi connectivity index (χ3n) is 4.49. The Bertz CT molecular complexity index is 727. The van der Waals surface area contributed by atoms with Crippen molar-refractivity contribution >= 4 is 28.7 Å². The molecule has 1 unspecified atom stereocenters. The first-order valence-corrected chi connectivity index (χ1v) is 9.11. The normalized spacial score (nSPS) is 16.0. The van der Waals surface area contributed by atoms with Crippen LogP contribution in [0.3, 0.4) is 0 Å². The Morgan fingerprint density at radius 2 is 1.96 bits per heavy atom. The number of hydrogen-bond acceptors (Lipinski definition) is 5. The maximum Gasteiger partial charge on any atom is 0.269 e. The molecular formula is C18H22N4O3S. The van der Waals surface area contributed by atoms with Crippen LogP contribution < -0.4 is 10.6 Å². The number of nitro groups is 1. The predicted molar refractivity (Wildman–Crippen MR) is 104 cm³/mol. The number of hydrogen-bond donors (Lipinski definition) is 2. The highest BCUT2D eigenvalue weighted by Gasteiger charge is 2.24. The topological polar surface area (TPSA) is 83.6 Å². The number of piperidine rings is 1. The predicted octanol–water partition coefficient (Wildman–Crippen LogP) is 3.70. The molecule has 1 fully saturated rings. The number of non-ortho nitro benzene ring substituents is 1. The minimum absolute atomic E-state index is 0.0532. The second kappa shape index (κ2) is 8.77. The van der Waals surface area contributed by atoms with E-state index in [0.717, 1.165) is 18.8 Å². The Balaban J connectivity index is 1.57. The van der Waals surface area contributed by atoms with E-state index in [-0.39, 0.29) is 11.7 Å². The first-order valence-electron chi connectivity index (χ1n) is 8.70. The molecule has 3 rings (SSSR count). The average Bonchev–Trinajstić information content (AvgIpc) is 3.17. The van der Waals surface area contributed by atoms with E-state index in [4.69, 9.17) is 16.6 Å². The molecule has 0 spiro atoms. The largest absolute Gasteiger partial charge is 0.468 e. The summed E-state index contributed by atoms with van der Waals surface area (Å²) in [6, 6.07) is 10.2. The Morgan fingerprint density at radius 3 is 2.58 bits per heavy atom. The number of anilines is 1. The van der Waals surface area contributed by atoms with E-state index in [1.165, 1.54) is 31.4 Å². The Labute approximate surface area is 157 Å². The summed E-state index contributed by atoms with van der Waals surface area (Å²) < 4.78 is 5.63.